The Labute approximate surface area is 109 Å². The molecule has 1 aromatic heterocycles. The zero-order valence-corrected chi connectivity index (χ0v) is 11.9. The van der Waals surface area contributed by atoms with Crippen LogP contribution in [0.1, 0.15) is 20.8 Å². The Kier molecular flexibility index (Phi) is 2.87. The fourth-order valence-electron chi connectivity index (χ4n) is 1.35. The number of nitrogens with zero attached hydrogens (tertiary/aromatic N) is 1. The van der Waals surface area contributed by atoms with E-state index in [-0.39, 0.29) is 15.7 Å². The molecule has 1 aromatic rings. The molecule has 94 valence electrons. The number of hydrogen-bond donors (Lipinski definition) is 2. The van der Waals surface area contributed by atoms with Gasteiger partial charge >= 0.3 is 0 Å². The van der Waals surface area contributed by atoms with E-state index in [0.29, 0.717) is 10.0 Å². The average molecular weight is 294 g/mol. The predicted octanol–water partition coefficient (Wildman–Crippen LogP) is 2.26. The van der Waals surface area contributed by atoms with Crippen molar-refractivity contribution in [2.45, 2.75) is 30.5 Å². The summed E-state index contributed by atoms with van der Waals surface area (Å²) in [6.07, 6.45) is 0. The van der Waals surface area contributed by atoms with Gasteiger partial charge in [0, 0.05) is 0 Å². The minimum atomic E-state index is -3.55. The quantitative estimate of drug-likeness (QED) is 0.771. The van der Waals surface area contributed by atoms with Crippen molar-refractivity contribution in [3.63, 3.8) is 0 Å². The van der Waals surface area contributed by atoms with E-state index in [9.17, 15) is 8.42 Å². The van der Waals surface area contributed by atoms with E-state index in [2.05, 4.69) is 15.0 Å². The fraction of sp³-hybridized carbons (Fsp3) is 0.444. The minimum Gasteiger partial charge on any atom is -0.324 e. The van der Waals surface area contributed by atoms with E-state index < -0.39 is 10.0 Å². The van der Waals surface area contributed by atoms with E-state index in [4.69, 9.17) is 11.6 Å². The highest BCUT2D eigenvalue weighted by molar-refractivity contribution is 7.92. The Morgan fingerprint density at radius 2 is 2.06 bits per heavy atom. The van der Waals surface area contributed by atoms with Crippen molar-refractivity contribution in [2.75, 3.05) is 5.32 Å². The summed E-state index contributed by atoms with van der Waals surface area (Å²) in [4.78, 5) is 4.25. The second-order valence-electron chi connectivity index (χ2n) is 4.61. The van der Waals surface area contributed by atoms with Gasteiger partial charge in [-0.1, -0.05) is 11.6 Å². The highest BCUT2D eigenvalue weighted by atomic mass is 35.5. The molecule has 8 heteroatoms. The second kappa shape index (κ2) is 3.86. The maximum absolute atomic E-state index is 11.9. The van der Waals surface area contributed by atoms with Gasteiger partial charge in [0.05, 0.1) is 15.6 Å². The first-order valence-corrected chi connectivity index (χ1v) is 7.54. The molecule has 0 atom stereocenters. The molecule has 5 nitrogen and oxygen atoms in total. The smallest absolute Gasteiger partial charge is 0.275 e. The Bertz CT molecular complexity index is 584. The van der Waals surface area contributed by atoms with Crippen LogP contribution in [0, 0.1) is 0 Å². The summed E-state index contributed by atoms with van der Waals surface area (Å²) in [5, 5.41) is 2.92. The first-order chi connectivity index (χ1) is 7.67. The molecule has 0 bridgehead atoms. The number of halogens is 1. The van der Waals surface area contributed by atoms with Crippen LogP contribution in [0.5, 0.6) is 0 Å². The summed E-state index contributed by atoms with van der Waals surface area (Å²) in [5.41, 5.74) is 0.101. The monoisotopic (exact) mass is 293 g/mol. The van der Waals surface area contributed by atoms with Crippen LogP contribution in [0.15, 0.2) is 15.3 Å². The predicted molar refractivity (Wildman–Crippen MR) is 70.5 cm³/mol. The Hall–Kier alpha value is -0.790. The molecule has 0 unspecified atom stereocenters. The van der Waals surface area contributed by atoms with Crippen molar-refractivity contribution >= 4 is 44.6 Å². The molecule has 0 aromatic carbocycles. The van der Waals surface area contributed by atoms with Gasteiger partial charge in [-0.15, -0.1) is 11.3 Å². The lowest BCUT2D eigenvalue weighted by Crippen LogP contribution is -2.41. The molecule has 0 spiro atoms. The summed E-state index contributed by atoms with van der Waals surface area (Å²) in [6, 6.07) is 1.58. The summed E-state index contributed by atoms with van der Waals surface area (Å²) in [7, 11) is -3.55. The number of thiophene rings is 1. The summed E-state index contributed by atoms with van der Waals surface area (Å²) >= 11 is 6.82. The molecule has 0 saturated heterocycles. The Balaban J connectivity index is 2.48. The van der Waals surface area contributed by atoms with Gasteiger partial charge in [-0.25, -0.2) is 18.1 Å². The molecule has 1 aliphatic heterocycles. The lowest BCUT2D eigenvalue weighted by molar-refractivity contribution is 0.577. The van der Waals surface area contributed by atoms with Gasteiger partial charge < -0.3 is 5.32 Å². The molecular weight excluding hydrogens is 282 g/mol. The van der Waals surface area contributed by atoms with E-state index in [1.807, 2.05) is 20.8 Å². The Morgan fingerprint density at radius 1 is 1.41 bits per heavy atom. The number of anilines is 1. The standard InChI is InChI=1S/C9H12ClN3O2S2/c1-9(2,3)12-8-11-5-4-6(10)16-7(5)17(14,15)13-8/h4H,1-3H3,(H2,11,12,13). The van der Waals surface area contributed by atoms with Crippen LogP contribution in [0.2, 0.25) is 4.34 Å². The second-order valence-corrected chi connectivity index (χ2v) is 8.17. The minimum absolute atomic E-state index is 0.190. The number of aliphatic imine (C=N–C) groups is 1. The van der Waals surface area contributed by atoms with Crippen molar-refractivity contribution in [1.82, 2.24) is 4.72 Å². The number of hydrogen-bond acceptors (Lipinski definition) is 4. The molecule has 0 amide bonds. The maximum atomic E-state index is 11.9. The Morgan fingerprint density at radius 3 is 2.65 bits per heavy atom. The van der Waals surface area contributed by atoms with Crippen LogP contribution in [0.3, 0.4) is 0 Å². The molecule has 1 aliphatic rings. The van der Waals surface area contributed by atoms with Crippen LogP contribution >= 0.6 is 22.9 Å². The normalized spacial score (nSPS) is 20.6. The van der Waals surface area contributed by atoms with Crippen LogP contribution in [0.25, 0.3) is 0 Å². The van der Waals surface area contributed by atoms with Crippen molar-refractivity contribution in [3.05, 3.63) is 10.4 Å². The van der Waals surface area contributed by atoms with E-state index >= 15 is 0 Å². The van der Waals surface area contributed by atoms with Gasteiger partial charge in [0.2, 0.25) is 5.96 Å². The molecule has 0 saturated carbocycles. The van der Waals surface area contributed by atoms with Gasteiger partial charge in [-0.05, 0) is 26.8 Å². The third kappa shape index (κ3) is 2.72. The van der Waals surface area contributed by atoms with Crippen LogP contribution in [-0.4, -0.2) is 19.9 Å². The molecule has 2 N–H and O–H groups in total. The summed E-state index contributed by atoms with van der Waals surface area (Å²) < 4.78 is 26.8. The highest BCUT2D eigenvalue weighted by Gasteiger charge is 2.30. The third-order valence-electron chi connectivity index (χ3n) is 1.84. The topological polar surface area (TPSA) is 70.6 Å². The molecule has 2 rings (SSSR count). The fourth-order valence-corrected chi connectivity index (χ4v) is 4.07. The number of sulfonamides is 1. The van der Waals surface area contributed by atoms with E-state index in [1.165, 1.54) is 0 Å². The van der Waals surface area contributed by atoms with Crippen molar-refractivity contribution < 1.29 is 8.42 Å². The number of rotatable bonds is 0. The average Bonchev–Trinajstić information content (AvgIpc) is 2.41. The van der Waals surface area contributed by atoms with Crippen LogP contribution < -0.4 is 10.0 Å². The molecule has 0 aliphatic carbocycles. The van der Waals surface area contributed by atoms with Gasteiger partial charge in [-0.2, -0.15) is 0 Å². The van der Waals surface area contributed by atoms with Crippen molar-refractivity contribution in [1.29, 1.82) is 0 Å². The molecule has 17 heavy (non-hydrogen) atoms. The van der Waals surface area contributed by atoms with Crippen molar-refractivity contribution in [2.24, 2.45) is 4.99 Å². The molecule has 0 radical (unpaired) electrons. The van der Waals surface area contributed by atoms with Gasteiger partial charge in [0.1, 0.15) is 0 Å². The van der Waals surface area contributed by atoms with E-state index in [0.717, 1.165) is 11.3 Å². The lowest BCUT2D eigenvalue weighted by Gasteiger charge is -2.21. The molecule has 0 fully saturated rings. The zero-order valence-electron chi connectivity index (χ0n) is 9.54. The van der Waals surface area contributed by atoms with E-state index in [1.54, 1.807) is 6.07 Å². The number of fused-ring (bicyclic) bond motifs is 1. The zero-order chi connectivity index (χ0) is 12.8. The van der Waals surface area contributed by atoms with Crippen LogP contribution in [0.4, 0.5) is 5.69 Å². The number of nitrogens with one attached hydrogen (secondary N) is 2. The van der Waals surface area contributed by atoms with Crippen LogP contribution in [-0.2, 0) is 10.0 Å². The maximum Gasteiger partial charge on any atom is 0.275 e. The molecular formula is C9H12ClN3O2S2. The summed E-state index contributed by atoms with van der Waals surface area (Å²) in [5.74, 6) is 0.222. The highest BCUT2D eigenvalue weighted by Crippen LogP contribution is 2.36. The summed E-state index contributed by atoms with van der Waals surface area (Å²) in [6.45, 7) is 5.64. The lowest BCUT2D eigenvalue weighted by atomic mass is 10.1. The number of guanidine groups is 1. The third-order valence-corrected chi connectivity index (χ3v) is 4.98. The SMILES string of the molecule is CC(C)(C)N=C1Nc2cc(Cl)sc2S(=O)(=O)N1. The molecule has 2 heterocycles. The van der Waals surface area contributed by atoms with Gasteiger partial charge in [-0.3, -0.25) is 0 Å². The van der Waals surface area contributed by atoms with Crippen molar-refractivity contribution in [3.8, 4) is 0 Å². The van der Waals surface area contributed by atoms with Gasteiger partial charge in [0.25, 0.3) is 10.0 Å². The first kappa shape index (κ1) is 12.7. The van der Waals surface area contributed by atoms with Gasteiger partial charge in [0.15, 0.2) is 4.21 Å². The first-order valence-electron chi connectivity index (χ1n) is 4.86. The largest absolute Gasteiger partial charge is 0.324 e.